The molecule has 0 aliphatic rings. The van der Waals surface area contributed by atoms with E-state index in [1.807, 2.05) is 11.9 Å². The maximum Gasteiger partial charge on any atom is 0.150 e. The summed E-state index contributed by atoms with van der Waals surface area (Å²) in [5, 5.41) is 8.94. The lowest BCUT2D eigenvalue weighted by Crippen LogP contribution is -2.17. The van der Waals surface area contributed by atoms with Gasteiger partial charge in [0.05, 0.1) is 11.3 Å². The summed E-state index contributed by atoms with van der Waals surface area (Å²) in [5.74, 6) is 0. The van der Waals surface area contributed by atoms with E-state index >= 15 is 0 Å². The van der Waals surface area contributed by atoms with Gasteiger partial charge in [-0.05, 0) is 18.2 Å². The van der Waals surface area contributed by atoms with Crippen molar-refractivity contribution in [3.63, 3.8) is 0 Å². The first-order valence-electron chi connectivity index (χ1n) is 4.54. The highest BCUT2D eigenvalue weighted by Gasteiger charge is 2.06. The zero-order chi connectivity index (χ0) is 11.3. The molecule has 1 rings (SSSR count). The highest BCUT2D eigenvalue weighted by molar-refractivity contribution is 5.78. The van der Waals surface area contributed by atoms with Gasteiger partial charge >= 0.3 is 0 Å². The van der Waals surface area contributed by atoms with Crippen LogP contribution in [0.1, 0.15) is 15.9 Å². The lowest BCUT2D eigenvalue weighted by atomic mass is 10.1. The fraction of sp³-hybridized carbons (Fsp3) is 0.167. The molecule has 0 heterocycles. The molecule has 0 fully saturated rings. The second kappa shape index (κ2) is 4.97. The maximum atomic E-state index is 10.5. The summed E-state index contributed by atoms with van der Waals surface area (Å²) in [6, 6.07) is 7.13. The van der Waals surface area contributed by atoms with Gasteiger partial charge in [0.15, 0.2) is 0 Å². The number of hydrogen-bond acceptors (Lipinski definition) is 3. The largest absolute Gasteiger partial charge is 0.370 e. The van der Waals surface area contributed by atoms with Crippen molar-refractivity contribution >= 4 is 12.0 Å². The lowest BCUT2D eigenvalue weighted by Gasteiger charge is -2.18. The van der Waals surface area contributed by atoms with E-state index in [1.165, 1.54) is 0 Å². The zero-order valence-corrected chi connectivity index (χ0v) is 8.60. The Hall–Kier alpha value is -2.08. The van der Waals surface area contributed by atoms with Crippen LogP contribution in [0.2, 0.25) is 0 Å². The van der Waals surface area contributed by atoms with E-state index < -0.39 is 0 Å². The first-order valence-corrected chi connectivity index (χ1v) is 4.54. The number of nitrogens with zero attached hydrogens (tertiary/aromatic N) is 2. The number of aldehydes is 1. The van der Waals surface area contributed by atoms with Gasteiger partial charge in [0, 0.05) is 19.2 Å². The number of hydrogen-bond donors (Lipinski definition) is 0. The predicted molar refractivity (Wildman–Crippen MR) is 60.0 cm³/mol. The quantitative estimate of drug-likeness (QED) is 0.551. The average molecular weight is 200 g/mol. The van der Waals surface area contributed by atoms with Gasteiger partial charge in [-0.1, -0.05) is 6.08 Å². The predicted octanol–water partition coefficient (Wildman–Crippen LogP) is 1.99. The molecule has 1 aromatic rings. The molecule has 0 unspecified atom stereocenters. The lowest BCUT2D eigenvalue weighted by molar-refractivity contribution is 0.112. The van der Waals surface area contributed by atoms with E-state index in [4.69, 9.17) is 5.26 Å². The van der Waals surface area contributed by atoms with Crippen LogP contribution in [-0.4, -0.2) is 19.9 Å². The van der Waals surface area contributed by atoms with Gasteiger partial charge in [-0.2, -0.15) is 5.26 Å². The molecule has 1 aromatic carbocycles. The Balaban J connectivity index is 3.13. The minimum absolute atomic E-state index is 0.504. The van der Waals surface area contributed by atoms with Crippen molar-refractivity contribution in [2.45, 2.75) is 0 Å². The third-order valence-corrected chi connectivity index (χ3v) is 2.09. The summed E-state index contributed by atoms with van der Waals surface area (Å²) in [7, 11) is 1.87. The van der Waals surface area contributed by atoms with E-state index in [2.05, 4.69) is 12.6 Å². The standard InChI is InChI=1S/C12H12N2O/c1-3-6-14(2)12-5-4-10(9-15)7-11(12)8-13/h3-5,7,9H,1,6H2,2H3. The van der Waals surface area contributed by atoms with Crippen molar-refractivity contribution in [3.05, 3.63) is 42.0 Å². The summed E-state index contributed by atoms with van der Waals surface area (Å²) < 4.78 is 0. The number of carbonyl (C=O) groups excluding carboxylic acids is 1. The Bertz CT molecular complexity index is 418. The van der Waals surface area contributed by atoms with Crippen LogP contribution >= 0.6 is 0 Å². The topological polar surface area (TPSA) is 44.1 Å². The van der Waals surface area contributed by atoms with Gasteiger partial charge in [-0.3, -0.25) is 4.79 Å². The fourth-order valence-corrected chi connectivity index (χ4v) is 1.34. The molecule has 0 saturated carbocycles. The van der Waals surface area contributed by atoms with Crippen molar-refractivity contribution in [2.24, 2.45) is 0 Å². The van der Waals surface area contributed by atoms with Crippen molar-refractivity contribution in [1.29, 1.82) is 5.26 Å². The zero-order valence-electron chi connectivity index (χ0n) is 8.60. The van der Waals surface area contributed by atoms with Crippen LogP contribution in [0.25, 0.3) is 0 Å². The normalized spacial score (nSPS) is 9.07. The molecular formula is C12H12N2O. The first kappa shape index (κ1) is 11.0. The molecule has 0 amide bonds. The SMILES string of the molecule is C=CCN(C)c1ccc(C=O)cc1C#N. The Morgan fingerprint density at radius 2 is 2.33 bits per heavy atom. The Morgan fingerprint density at radius 3 is 2.87 bits per heavy atom. The van der Waals surface area contributed by atoms with Crippen LogP contribution in [0.3, 0.4) is 0 Å². The number of rotatable bonds is 4. The minimum atomic E-state index is 0.504. The molecule has 76 valence electrons. The minimum Gasteiger partial charge on any atom is -0.370 e. The van der Waals surface area contributed by atoms with E-state index in [9.17, 15) is 4.79 Å². The molecule has 0 N–H and O–H groups in total. The molecule has 0 aliphatic carbocycles. The third-order valence-electron chi connectivity index (χ3n) is 2.09. The molecule has 3 heteroatoms. The smallest absolute Gasteiger partial charge is 0.150 e. The van der Waals surface area contributed by atoms with Crippen LogP contribution < -0.4 is 4.90 Å². The number of anilines is 1. The molecule has 15 heavy (non-hydrogen) atoms. The molecular weight excluding hydrogens is 188 g/mol. The van der Waals surface area contributed by atoms with Crippen LogP contribution in [-0.2, 0) is 0 Å². The van der Waals surface area contributed by atoms with Crippen LogP contribution in [0.15, 0.2) is 30.9 Å². The molecule has 0 radical (unpaired) electrons. The van der Waals surface area contributed by atoms with Gasteiger partial charge in [-0.15, -0.1) is 6.58 Å². The summed E-state index contributed by atoms with van der Waals surface area (Å²) in [6.07, 6.45) is 2.49. The van der Waals surface area contributed by atoms with Crippen molar-refractivity contribution in [3.8, 4) is 6.07 Å². The molecule has 0 aromatic heterocycles. The molecule has 0 bridgehead atoms. The highest BCUT2D eigenvalue weighted by Crippen LogP contribution is 2.19. The number of carbonyl (C=O) groups is 1. The summed E-state index contributed by atoms with van der Waals surface area (Å²) in [4.78, 5) is 12.4. The van der Waals surface area contributed by atoms with Gasteiger partial charge in [0.1, 0.15) is 12.4 Å². The third kappa shape index (κ3) is 2.44. The van der Waals surface area contributed by atoms with Crippen molar-refractivity contribution in [2.75, 3.05) is 18.5 Å². The monoisotopic (exact) mass is 200 g/mol. The van der Waals surface area contributed by atoms with Gasteiger partial charge < -0.3 is 4.90 Å². The van der Waals surface area contributed by atoms with Crippen LogP contribution in [0.5, 0.6) is 0 Å². The van der Waals surface area contributed by atoms with E-state index in [0.29, 0.717) is 17.7 Å². The van der Waals surface area contributed by atoms with Crippen molar-refractivity contribution < 1.29 is 4.79 Å². The summed E-state index contributed by atoms with van der Waals surface area (Å²) >= 11 is 0. The first-order chi connectivity index (χ1) is 7.22. The molecule has 0 atom stereocenters. The summed E-state index contributed by atoms with van der Waals surface area (Å²) in [6.45, 7) is 4.30. The number of nitriles is 1. The second-order valence-corrected chi connectivity index (χ2v) is 3.18. The molecule has 0 spiro atoms. The van der Waals surface area contributed by atoms with Gasteiger partial charge in [-0.25, -0.2) is 0 Å². The van der Waals surface area contributed by atoms with E-state index in [1.54, 1.807) is 24.3 Å². The Labute approximate surface area is 89.2 Å². The van der Waals surface area contributed by atoms with Gasteiger partial charge in [0.2, 0.25) is 0 Å². The van der Waals surface area contributed by atoms with Crippen molar-refractivity contribution in [1.82, 2.24) is 0 Å². The second-order valence-electron chi connectivity index (χ2n) is 3.18. The molecule has 0 saturated heterocycles. The molecule has 0 aliphatic heterocycles. The maximum absolute atomic E-state index is 10.5. The fourth-order valence-electron chi connectivity index (χ4n) is 1.34. The number of likely N-dealkylation sites (N-methyl/N-ethyl adjacent to an activating group) is 1. The Kier molecular flexibility index (Phi) is 3.64. The Morgan fingerprint density at radius 1 is 1.60 bits per heavy atom. The van der Waals surface area contributed by atoms with E-state index in [-0.39, 0.29) is 0 Å². The van der Waals surface area contributed by atoms with Crippen LogP contribution in [0, 0.1) is 11.3 Å². The molecule has 3 nitrogen and oxygen atoms in total. The average Bonchev–Trinajstić information content (AvgIpc) is 2.28. The van der Waals surface area contributed by atoms with Gasteiger partial charge in [0.25, 0.3) is 0 Å². The van der Waals surface area contributed by atoms with E-state index in [0.717, 1.165) is 12.0 Å². The van der Waals surface area contributed by atoms with Crippen LogP contribution in [0.4, 0.5) is 5.69 Å². The summed E-state index contributed by atoms with van der Waals surface area (Å²) in [5.41, 5.74) is 1.83. The highest BCUT2D eigenvalue weighted by atomic mass is 16.1. The number of benzene rings is 1.